The molecule has 4 nitrogen and oxygen atoms in total. The molecule has 0 saturated carbocycles. The molecule has 0 saturated heterocycles. The topological polar surface area (TPSA) is 72.2 Å². The Balaban J connectivity index is 2.23. The van der Waals surface area contributed by atoms with Crippen LogP contribution in [-0.4, -0.2) is 11.8 Å². The van der Waals surface area contributed by atoms with Gasteiger partial charge in [0.1, 0.15) is 10.4 Å². The first kappa shape index (κ1) is 14.8. The maximum Gasteiger partial charge on any atom is 0.254 e. The molecule has 0 aliphatic rings. The maximum atomic E-state index is 12.1. The van der Waals surface area contributed by atoms with Crippen molar-refractivity contribution in [1.82, 2.24) is 5.32 Å². The smallest absolute Gasteiger partial charge is 0.254 e. The van der Waals surface area contributed by atoms with Gasteiger partial charge in [0.2, 0.25) is 5.91 Å². The predicted molar refractivity (Wildman–Crippen MR) is 80.2 cm³/mol. The monoisotopic (exact) mass is 328 g/mol. The number of amides is 2. The molecule has 1 aromatic heterocycles. The fourth-order valence-corrected chi connectivity index (χ4v) is 3.13. The molecule has 1 atom stereocenters. The Morgan fingerprint density at radius 3 is 2.35 bits per heavy atom. The van der Waals surface area contributed by atoms with Crippen molar-refractivity contribution in [2.75, 3.05) is 0 Å². The molecule has 3 N–H and O–H groups in total. The van der Waals surface area contributed by atoms with Crippen LogP contribution in [0.3, 0.4) is 0 Å². The van der Waals surface area contributed by atoms with Crippen LogP contribution in [0.25, 0.3) is 0 Å². The molecule has 0 fully saturated rings. The predicted octanol–water partition coefficient (Wildman–Crippen LogP) is 3.01. The summed E-state index contributed by atoms with van der Waals surface area (Å²) in [5.74, 6) is -1.15. The lowest BCUT2D eigenvalue weighted by atomic mass is 10.1. The van der Waals surface area contributed by atoms with Crippen LogP contribution in [0, 0.1) is 0 Å². The molecule has 0 radical (unpaired) electrons. The van der Waals surface area contributed by atoms with Gasteiger partial charge in [0, 0.05) is 0 Å². The second-order valence-electron chi connectivity index (χ2n) is 3.96. The summed E-state index contributed by atoms with van der Waals surface area (Å²) in [4.78, 5) is 23.6. The van der Waals surface area contributed by atoms with Crippen LogP contribution < -0.4 is 11.1 Å². The van der Waals surface area contributed by atoms with E-state index < -0.39 is 17.9 Å². The van der Waals surface area contributed by atoms with Crippen LogP contribution in [0.1, 0.15) is 22.0 Å². The molecule has 1 heterocycles. The molecule has 2 amide bonds. The summed E-state index contributed by atoms with van der Waals surface area (Å²) < 4.78 is 0.666. The van der Waals surface area contributed by atoms with E-state index in [1.807, 2.05) is 0 Å². The third-order valence-corrected chi connectivity index (χ3v) is 4.08. The molecule has 0 unspecified atom stereocenters. The number of thiophene rings is 1. The summed E-state index contributed by atoms with van der Waals surface area (Å²) in [6, 6.07) is 9.26. The normalized spacial score (nSPS) is 11.9. The Hall–Kier alpha value is -1.56. The summed E-state index contributed by atoms with van der Waals surface area (Å²) >= 11 is 12.8. The van der Waals surface area contributed by atoms with Gasteiger partial charge < -0.3 is 11.1 Å². The molecule has 0 bridgehead atoms. The number of rotatable bonds is 4. The van der Waals surface area contributed by atoms with E-state index in [9.17, 15) is 9.59 Å². The summed E-state index contributed by atoms with van der Waals surface area (Å²) in [7, 11) is 0. The highest BCUT2D eigenvalue weighted by atomic mass is 35.5. The molecular formula is C13H10Cl2N2O2S. The van der Waals surface area contributed by atoms with Gasteiger partial charge in [0.05, 0.1) is 9.90 Å². The molecular weight excluding hydrogens is 319 g/mol. The zero-order valence-corrected chi connectivity index (χ0v) is 12.4. The van der Waals surface area contributed by atoms with E-state index >= 15 is 0 Å². The Morgan fingerprint density at radius 1 is 1.20 bits per heavy atom. The molecule has 104 valence electrons. The molecule has 1 aromatic carbocycles. The number of carbonyl (C=O) groups is 2. The van der Waals surface area contributed by atoms with Crippen molar-refractivity contribution >= 4 is 46.4 Å². The highest BCUT2D eigenvalue weighted by molar-refractivity contribution is 7.20. The first-order valence-electron chi connectivity index (χ1n) is 5.59. The number of benzene rings is 1. The number of nitrogens with one attached hydrogen (secondary N) is 1. The summed E-state index contributed by atoms with van der Waals surface area (Å²) in [6.45, 7) is 0. The van der Waals surface area contributed by atoms with Crippen molar-refractivity contribution in [1.29, 1.82) is 0 Å². The first-order chi connectivity index (χ1) is 9.49. The minimum atomic E-state index is -0.918. The number of halogens is 2. The lowest BCUT2D eigenvalue weighted by Gasteiger charge is -2.15. The van der Waals surface area contributed by atoms with Gasteiger partial charge in [-0.1, -0.05) is 53.5 Å². The largest absolute Gasteiger partial charge is 0.368 e. The standard InChI is InChI=1S/C13H10Cl2N2O2S/c14-9-6-8(11(15)20-9)13(19)17-10(12(16)18)7-4-2-1-3-5-7/h1-6,10H,(H2,16,18)(H,17,19)/t10-/m0/s1. The van der Waals surface area contributed by atoms with Gasteiger partial charge >= 0.3 is 0 Å². The van der Waals surface area contributed by atoms with E-state index in [0.29, 0.717) is 9.90 Å². The van der Waals surface area contributed by atoms with E-state index in [-0.39, 0.29) is 9.90 Å². The van der Waals surface area contributed by atoms with Crippen molar-refractivity contribution in [3.05, 3.63) is 56.2 Å². The van der Waals surface area contributed by atoms with E-state index in [4.69, 9.17) is 28.9 Å². The number of carbonyl (C=O) groups excluding carboxylic acids is 2. The maximum absolute atomic E-state index is 12.1. The third kappa shape index (κ3) is 3.30. The van der Waals surface area contributed by atoms with Crippen molar-refractivity contribution in [3.8, 4) is 0 Å². The first-order valence-corrected chi connectivity index (χ1v) is 7.16. The van der Waals surface area contributed by atoms with Gasteiger partial charge in [-0.15, -0.1) is 11.3 Å². The summed E-state index contributed by atoms with van der Waals surface area (Å²) in [5, 5.41) is 2.55. The number of primary amides is 1. The lowest BCUT2D eigenvalue weighted by molar-refractivity contribution is -0.120. The Labute approximate surface area is 129 Å². The summed E-state index contributed by atoms with van der Waals surface area (Å²) in [6.07, 6.45) is 0. The van der Waals surface area contributed by atoms with Gasteiger partial charge in [0.25, 0.3) is 5.91 Å². The average molecular weight is 329 g/mol. The van der Waals surface area contributed by atoms with Crippen LogP contribution in [0.2, 0.25) is 8.67 Å². The number of hydrogen-bond acceptors (Lipinski definition) is 3. The Morgan fingerprint density at radius 2 is 1.85 bits per heavy atom. The van der Waals surface area contributed by atoms with E-state index in [1.54, 1.807) is 30.3 Å². The van der Waals surface area contributed by atoms with Crippen LogP contribution in [0.4, 0.5) is 0 Å². The Kier molecular flexibility index (Phi) is 4.65. The molecule has 0 aliphatic carbocycles. The van der Waals surface area contributed by atoms with Crippen molar-refractivity contribution in [2.45, 2.75) is 6.04 Å². The van der Waals surface area contributed by atoms with Gasteiger partial charge in [-0.2, -0.15) is 0 Å². The Bertz CT molecular complexity index is 643. The fourth-order valence-electron chi connectivity index (χ4n) is 1.67. The van der Waals surface area contributed by atoms with Crippen molar-refractivity contribution < 1.29 is 9.59 Å². The SMILES string of the molecule is NC(=O)[C@@H](NC(=O)c1cc(Cl)sc1Cl)c1ccccc1. The van der Waals surface area contributed by atoms with Crippen molar-refractivity contribution in [3.63, 3.8) is 0 Å². The van der Waals surface area contributed by atoms with Crippen LogP contribution in [0.15, 0.2) is 36.4 Å². The fraction of sp³-hybridized carbons (Fsp3) is 0.0769. The summed E-state index contributed by atoms with van der Waals surface area (Å²) in [5.41, 5.74) is 6.16. The quantitative estimate of drug-likeness (QED) is 0.905. The van der Waals surface area contributed by atoms with E-state index in [0.717, 1.165) is 11.3 Å². The zero-order valence-electron chi connectivity index (χ0n) is 10.1. The lowest BCUT2D eigenvalue weighted by Crippen LogP contribution is -2.37. The number of nitrogens with two attached hydrogens (primary N) is 1. The van der Waals surface area contributed by atoms with Gasteiger partial charge in [-0.3, -0.25) is 9.59 Å². The molecule has 2 aromatic rings. The zero-order chi connectivity index (χ0) is 14.7. The van der Waals surface area contributed by atoms with Gasteiger partial charge in [0.15, 0.2) is 0 Å². The minimum Gasteiger partial charge on any atom is -0.368 e. The van der Waals surface area contributed by atoms with E-state index in [1.165, 1.54) is 6.07 Å². The van der Waals surface area contributed by atoms with Crippen LogP contribution in [0.5, 0.6) is 0 Å². The molecule has 2 rings (SSSR count). The van der Waals surface area contributed by atoms with E-state index in [2.05, 4.69) is 5.32 Å². The molecule has 20 heavy (non-hydrogen) atoms. The highest BCUT2D eigenvalue weighted by Crippen LogP contribution is 2.31. The van der Waals surface area contributed by atoms with Gasteiger partial charge in [-0.05, 0) is 11.6 Å². The second-order valence-corrected chi connectivity index (χ2v) is 6.24. The molecule has 7 heteroatoms. The van der Waals surface area contributed by atoms with Crippen LogP contribution in [-0.2, 0) is 4.79 Å². The highest BCUT2D eigenvalue weighted by Gasteiger charge is 2.23. The second kappa shape index (κ2) is 6.26. The van der Waals surface area contributed by atoms with Crippen LogP contribution >= 0.6 is 34.5 Å². The molecule has 0 aliphatic heterocycles. The number of hydrogen-bond donors (Lipinski definition) is 2. The van der Waals surface area contributed by atoms with Gasteiger partial charge in [-0.25, -0.2) is 0 Å². The third-order valence-electron chi connectivity index (χ3n) is 2.59. The minimum absolute atomic E-state index is 0.226. The van der Waals surface area contributed by atoms with Crippen molar-refractivity contribution in [2.24, 2.45) is 5.73 Å². The average Bonchev–Trinajstić information content (AvgIpc) is 2.75. The molecule has 0 spiro atoms.